The van der Waals surface area contributed by atoms with Crippen LogP contribution in [0.1, 0.15) is 24.1 Å². The molecule has 0 fully saturated rings. The highest BCUT2D eigenvalue weighted by atomic mass is 19.4. The monoisotopic (exact) mass is 311 g/mol. The van der Waals surface area contributed by atoms with E-state index in [0.717, 1.165) is 5.56 Å². The molecule has 1 N–H and O–H groups in total. The van der Waals surface area contributed by atoms with E-state index in [2.05, 4.69) is 5.32 Å². The zero-order valence-corrected chi connectivity index (χ0v) is 11.8. The van der Waals surface area contributed by atoms with Gasteiger partial charge in [0.2, 0.25) is 0 Å². The van der Waals surface area contributed by atoms with Crippen molar-refractivity contribution in [3.05, 3.63) is 35.4 Å². The van der Waals surface area contributed by atoms with Crippen LogP contribution in [-0.4, -0.2) is 32.4 Å². The minimum Gasteiger partial charge on any atom is -0.384 e. The van der Waals surface area contributed by atoms with Gasteiger partial charge in [0.25, 0.3) is 0 Å². The van der Waals surface area contributed by atoms with Crippen molar-refractivity contribution < 1.29 is 26.7 Å². The predicted molar refractivity (Wildman–Crippen MR) is 69.4 cm³/mol. The maximum absolute atomic E-state index is 13.6. The fraction of sp³-hybridized carbons (Fsp3) is 0.571. The lowest BCUT2D eigenvalue weighted by molar-refractivity contribution is -0.294. The smallest absolute Gasteiger partial charge is 0.384 e. The summed E-state index contributed by atoms with van der Waals surface area (Å²) >= 11 is 0. The molecule has 21 heavy (non-hydrogen) atoms. The second-order valence-corrected chi connectivity index (χ2v) is 4.60. The highest BCUT2D eigenvalue weighted by Crippen LogP contribution is 2.44. The molecule has 1 unspecified atom stereocenters. The van der Waals surface area contributed by atoms with Crippen LogP contribution in [0.15, 0.2) is 24.3 Å². The molecule has 0 aliphatic carbocycles. The van der Waals surface area contributed by atoms with Crippen molar-refractivity contribution in [1.29, 1.82) is 0 Å². The van der Waals surface area contributed by atoms with Crippen molar-refractivity contribution in [3.8, 4) is 0 Å². The van der Waals surface area contributed by atoms with Crippen molar-refractivity contribution in [2.75, 3.05) is 20.3 Å². The first-order valence-corrected chi connectivity index (χ1v) is 6.49. The molecule has 0 heterocycles. The molecular weight excluding hydrogens is 293 g/mol. The molecule has 0 aromatic heterocycles. The number of rotatable bonds is 7. The number of ether oxygens (including phenoxy) is 1. The maximum atomic E-state index is 13.6. The zero-order valence-electron chi connectivity index (χ0n) is 11.8. The van der Waals surface area contributed by atoms with Gasteiger partial charge in [0.05, 0.1) is 6.61 Å². The van der Waals surface area contributed by atoms with E-state index in [0.29, 0.717) is 13.0 Å². The highest BCUT2D eigenvalue weighted by Gasteiger charge is 2.62. The fourth-order valence-electron chi connectivity index (χ4n) is 1.92. The van der Waals surface area contributed by atoms with Gasteiger partial charge in [-0.05, 0) is 24.1 Å². The summed E-state index contributed by atoms with van der Waals surface area (Å²) in [5.41, 5.74) is 0.714. The van der Waals surface area contributed by atoms with Gasteiger partial charge in [0, 0.05) is 7.11 Å². The molecule has 0 radical (unpaired) electrons. The van der Waals surface area contributed by atoms with E-state index in [1.54, 1.807) is 0 Å². The summed E-state index contributed by atoms with van der Waals surface area (Å²) in [6.45, 7) is 1.93. The quantitative estimate of drug-likeness (QED) is 0.775. The molecule has 1 atom stereocenters. The van der Waals surface area contributed by atoms with E-state index in [9.17, 15) is 22.0 Å². The standard InChI is InChI=1S/C14H18F5NO/c1-3-20-12(13(15,16)14(17,18)19)11-6-4-10(5-7-11)8-9-21-2/h4-7,12,20H,3,8-9H2,1-2H3. The fourth-order valence-corrected chi connectivity index (χ4v) is 1.92. The normalized spacial score (nSPS) is 14.2. The molecule has 0 saturated heterocycles. The van der Waals surface area contributed by atoms with Crippen molar-refractivity contribution in [2.45, 2.75) is 31.5 Å². The van der Waals surface area contributed by atoms with Gasteiger partial charge in [-0.2, -0.15) is 22.0 Å². The van der Waals surface area contributed by atoms with Crippen LogP contribution in [0.3, 0.4) is 0 Å². The third-order valence-electron chi connectivity index (χ3n) is 3.06. The van der Waals surface area contributed by atoms with Crippen LogP contribution < -0.4 is 5.32 Å². The first-order chi connectivity index (χ1) is 9.74. The number of halogens is 5. The van der Waals surface area contributed by atoms with Gasteiger partial charge in [-0.25, -0.2) is 0 Å². The number of hydrogen-bond acceptors (Lipinski definition) is 2. The van der Waals surface area contributed by atoms with Crippen LogP contribution in [0.4, 0.5) is 22.0 Å². The number of hydrogen-bond donors (Lipinski definition) is 1. The van der Waals surface area contributed by atoms with E-state index in [1.807, 2.05) is 0 Å². The molecule has 1 aromatic rings. The molecule has 0 amide bonds. The average molecular weight is 311 g/mol. The number of methoxy groups -OCH3 is 1. The van der Waals surface area contributed by atoms with E-state index in [4.69, 9.17) is 4.74 Å². The molecule has 0 saturated carbocycles. The molecule has 1 aromatic carbocycles. The van der Waals surface area contributed by atoms with Gasteiger partial charge >= 0.3 is 12.1 Å². The van der Waals surface area contributed by atoms with Gasteiger partial charge in [-0.1, -0.05) is 31.2 Å². The molecule has 2 nitrogen and oxygen atoms in total. The molecular formula is C14H18F5NO. The van der Waals surface area contributed by atoms with Gasteiger partial charge in [-0.15, -0.1) is 0 Å². The minimum absolute atomic E-state index is 0.00175. The Morgan fingerprint density at radius 3 is 2.10 bits per heavy atom. The highest BCUT2D eigenvalue weighted by molar-refractivity contribution is 5.27. The van der Waals surface area contributed by atoms with Gasteiger partial charge in [0.15, 0.2) is 0 Å². The van der Waals surface area contributed by atoms with Crippen LogP contribution >= 0.6 is 0 Å². The Labute approximate surface area is 120 Å². The Morgan fingerprint density at radius 2 is 1.67 bits per heavy atom. The first kappa shape index (κ1) is 17.8. The van der Waals surface area contributed by atoms with Crippen molar-refractivity contribution in [2.24, 2.45) is 0 Å². The third-order valence-corrected chi connectivity index (χ3v) is 3.06. The van der Waals surface area contributed by atoms with Gasteiger partial charge in [-0.3, -0.25) is 0 Å². The average Bonchev–Trinajstić information content (AvgIpc) is 2.42. The third kappa shape index (κ3) is 4.38. The predicted octanol–water partition coefficient (Wildman–Crippen LogP) is 3.72. The first-order valence-electron chi connectivity index (χ1n) is 6.49. The number of nitrogens with one attached hydrogen (secondary N) is 1. The lowest BCUT2D eigenvalue weighted by atomic mass is 9.98. The Kier molecular flexibility index (Phi) is 6.10. The summed E-state index contributed by atoms with van der Waals surface area (Å²) < 4.78 is 69.6. The van der Waals surface area contributed by atoms with E-state index in [1.165, 1.54) is 38.3 Å². The zero-order chi connectivity index (χ0) is 16.1. The number of alkyl halides is 5. The molecule has 0 aliphatic heterocycles. The number of benzene rings is 1. The van der Waals surface area contributed by atoms with Crippen LogP contribution in [-0.2, 0) is 11.2 Å². The molecule has 1 rings (SSSR count). The van der Waals surface area contributed by atoms with E-state index < -0.39 is 18.1 Å². The summed E-state index contributed by atoms with van der Waals surface area (Å²) in [4.78, 5) is 0. The molecule has 120 valence electrons. The Bertz CT molecular complexity index is 430. The summed E-state index contributed by atoms with van der Waals surface area (Å²) in [5, 5.41) is 2.21. The van der Waals surface area contributed by atoms with Crippen LogP contribution in [0, 0.1) is 0 Å². The Morgan fingerprint density at radius 1 is 1.10 bits per heavy atom. The van der Waals surface area contributed by atoms with Crippen molar-refractivity contribution >= 4 is 0 Å². The Balaban J connectivity index is 3.01. The van der Waals surface area contributed by atoms with Crippen molar-refractivity contribution in [1.82, 2.24) is 5.32 Å². The lowest BCUT2D eigenvalue weighted by Crippen LogP contribution is -2.48. The van der Waals surface area contributed by atoms with Crippen LogP contribution in [0.5, 0.6) is 0 Å². The Hall–Kier alpha value is -1.21. The van der Waals surface area contributed by atoms with Crippen LogP contribution in [0.2, 0.25) is 0 Å². The summed E-state index contributed by atoms with van der Waals surface area (Å²) in [6.07, 6.45) is -5.03. The largest absolute Gasteiger partial charge is 0.455 e. The van der Waals surface area contributed by atoms with E-state index >= 15 is 0 Å². The van der Waals surface area contributed by atoms with Gasteiger partial charge in [0.1, 0.15) is 6.04 Å². The van der Waals surface area contributed by atoms with E-state index in [-0.39, 0.29) is 12.1 Å². The molecule has 0 spiro atoms. The minimum atomic E-state index is -5.60. The van der Waals surface area contributed by atoms with Crippen LogP contribution in [0.25, 0.3) is 0 Å². The molecule has 7 heteroatoms. The lowest BCUT2D eigenvalue weighted by Gasteiger charge is -2.29. The summed E-state index contributed by atoms with van der Waals surface area (Å²) in [6, 6.07) is 3.55. The topological polar surface area (TPSA) is 21.3 Å². The molecule has 0 aliphatic rings. The summed E-state index contributed by atoms with van der Waals surface area (Å²) in [7, 11) is 1.53. The summed E-state index contributed by atoms with van der Waals surface area (Å²) in [5.74, 6) is -4.84. The molecule has 0 bridgehead atoms. The maximum Gasteiger partial charge on any atom is 0.455 e. The van der Waals surface area contributed by atoms with Crippen molar-refractivity contribution in [3.63, 3.8) is 0 Å². The van der Waals surface area contributed by atoms with Gasteiger partial charge < -0.3 is 10.1 Å². The second-order valence-electron chi connectivity index (χ2n) is 4.60. The second kappa shape index (κ2) is 7.17. The SMILES string of the molecule is CCNC(c1ccc(CCOC)cc1)C(F)(F)C(F)(F)F.